The maximum atomic E-state index is 12.7. The fourth-order valence-electron chi connectivity index (χ4n) is 4.82. The van der Waals surface area contributed by atoms with Crippen molar-refractivity contribution in [3.8, 4) is 0 Å². The molecule has 0 aromatic carbocycles. The van der Waals surface area contributed by atoms with E-state index in [0.717, 1.165) is 71.1 Å². The molecule has 0 radical (unpaired) electrons. The molecule has 0 bridgehead atoms. The minimum absolute atomic E-state index is 0.279. The lowest BCUT2D eigenvalue weighted by atomic mass is 10.1. The van der Waals surface area contributed by atoms with E-state index in [4.69, 9.17) is 9.73 Å². The van der Waals surface area contributed by atoms with E-state index in [-0.39, 0.29) is 5.92 Å². The van der Waals surface area contributed by atoms with Crippen molar-refractivity contribution in [2.45, 2.75) is 64.0 Å². The zero-order chi connectivity index (χ0) is 19.8. The van der Waals surface area contributed by atoms with Gasteiger partial charge in [-0.25, -0.2) is 0 Å². The lowest BCUT2D eigenvalue weighted by Gasteiger charge is -2.24. The molecule has 2 unspecified atom stereocenters. The zero-order valence-electron chi connectivity index (χ0n) is 17.8. The van der Waals surface area contributed by atoms with Gasteiger partial charge < -0.3 is 20.3 Å². The summed E-state index contributed by atoms with van der Waals surface area (Å²) in [6.07, 6.45) is 8.05. The summed E-state index contributed by atoms with van der Waals surface area (Å²) in [4.78, 5) is 22.1. The SMILES string of the molecule is CCNC(=NCC1CCCN1CCOC)NC1CCN(C(=O)C2CCCC2)C1. The summed E-state index contributed by atoms with van der Waals surface area (Å²) in [7, 11) is 1.76. The number of methoxy groups -OCH3 is 1. The highest BCUT2D eigenvalue weighted by Gasteiger charge is 2.32. The van der Waals surface area contributed by atoms with Crippen LogP contribution in [0.25, 0.3) is 0 Å². The monoisotopic (exact) mass is 393 g/mol. The summed E-state index contributed by atoms with van der Waals surface area (Å²) < 4.78 is 5.24. The molecule has 1 saturated carbocycles. The third-order valence-electron chi connectivity index (χ3n) is 6.43. The van der Waals surface area contributed by atoms with Crippen molar-refractivity contribution >= 4 is 11.9 Å². The molecule has 0 aromatic rings. The van der Waals surface area contributed by atoms with Gasteiger partial charge in [-0.1, -0.05) is 12.8 Å². The maximum absolute atomic E-state index is 12.7. The van der Waals surface area contributed by atoms with Crippen molar-refractivity contribution in [2.24, 2.45) is 10.9 Å². The first-order valence-electron chi connectivity index (χ1n) is 11.3. The smallest absolute Gasteiger partial charge is 0.225 e. The number of carbonyl (C=O) groups is 1. The summed E-state index contributed by atoms with van der Waals surface area (Å²) in [5.41, 5.74) is 0. The van der Waals surface area contributed by atoms with Gasteiger partial charge in [0.2, 0.25) is 5.91 Å². The zero-order valence-corrected chi connectivity index (χ0v) is 17.8. The van der Waals surface area contributed by atoms with Gasteiger partial charge in [-0.2, -0.15) is 0 Å². The van der Waals surface area contributed by atoms with Crippen LogP contribution in [-0.4, -0.2) is 86.7 Å². The van der Waals surface area contributed by atoms with Crippen molar-refractivity contribution in [1.29, 1.82) is 0 Å². The maximum Gasteiger partial charge on any atom is 0.225 e. The summed E-state index contributed by atoms with van der Waals surface area (Å²) >= 11 is 0. The van der Waals surface area contributed by atoms with Crippen molar-refractivity contribution in [2.75, 3.05) is 53.0 Å². The number of nitrogens with one attached hydrogen (secondary N) is 2. The molecule has 3 aliphatic rings. The van der Waals surface area contributed by atoms with Crippen LogP contribution < -0.4 is 10.6 Å². The Kier molecular flexibility index (Phi) is 8.40. The highest BCUT2D eigenvalue weighted by atomic mass is 16.5. The molecule has 3 fully saturated rings. The highest BCUT2D eigenvalue weighted by Crippen LogP contribution is 2.27. The highest BCUT2D eigenvalue weighted by molar-refractivity contribution is 5.81. The van der Waals surface area contributed by atoms with Gasteiger partial charge in [0.05, 0.1) is 13.2 Å². The van der Waals surface area contributed by atoms with Crippen LogP contribution in [0.2, 0.25) is 0 Å². The minimum Gasteiger partial charge on any atom is -0.383 e. The lowest BCUT2D eigenvalue weighted by Crippen LogP contribution is -2.46. The molecular formula is C21H39N5O2. The Morgan fingerprint density at radius 3 is 2.71 bits per heavy atom. The van der Waals surface area contributed by atoms with Gasteiger partial charge in [0.25, 0.3) is 0 Å². The molecule has 3 rings (SSSR count). The first kappa shape index (κ1) is 21.4. The molecular weight excluding hydrogens is 354 g/mol. The molecule has 0 spiro atoms. The second-order valence-electron chi connectivity index (χ2n) is 8.44. The van der Waals surface area contributed by atoms with Gasteiger partial charge >= 0.3 is 0 Å². The molecule has 28 heavy (non-hydrogen) atoms. The Labute approximate surface area is 170 Å². The van der Waals surface area contributed by atoms with Gasteiger partial charge in [-0.15, -0.1) is 0 Å². The average molecular weight is 394 g/mol. The molecule has 1 amide bonds. The largest absolute Gasteiger partial charge is 0.383 e. The molecule has 0 aromatic heterocycles. The van der Waals surface area contributed by atoms with E-state index < -0.39 is 0 Å². The molecule has 2 atom stereocenters. The minimum atomic E-state index is 0.279. The van der Waals surface area contributed by atoms with Crippen LogP contribution in [0, 0.1) is 5.92 Å². The quantitative estimate of drug-likeness (QED) is 0.482. The van der Waals surface area contributed by atoms with Crippen LogP contribution in [0.1, 0.15) is 51.9 Å². The number of likely N-dealkylation sites (tertiary alicyclic amines) is 2. The van der Waals surface area contributed by atoms with E-state index in [9.17, 15) is 4.79 Å². The molecule has 2 saturated heterocycles. The van der Waals surface area contributed by atoms with E-state index in [0.29, 0.717) is 18.0 Å². The number of aliphatic imine (C=N–C) groups is 1. The van der Waals surface area contributed by atoms with Crippen LogP contribution >= 0.6 is 0 Å². The summed E-state index contributed by atoms with van der Waals surface area (Å²) in [5, 5.41) is 6.96. The van der Waals surface area contributed by atoms with Crippen molar-refractivity contribution in [3.63, 3.8) is 0 Å². The molecule has 2 heterocycles. The standard InChI is InChI=1S/C21H39N5O2/c1-3-22-21(23-15-19-9-6-11-25(19)13-14-28-2)24-18-10-12-26(16-18)20(27)17-7-4-5-8-17/h17-19H,3-16H2,1-2H3,(H2,22,23,24). The number of amides is 1. The third kappa shape index (κ3) is 5.83. The van der Waals surface area contributed by atoms with E-state index in [1.165, 1.54) is 25.7 Å². The van der Waals surface area contributed by atoms with Gasteiger partial charge in [0, 0.05) is 51.3 Å². The third-order valence-corrected chi connectivity index (χ3v) is 6.43. The van der Waals surface area contributed by atoms with Crippen LogP contribution in [0.4, 0.5) is 0 Å². The van der Waals surface area contributed by atoms with E-state index in [2.05, 4.69) is 27.4 Å². The molecule has 1 aliphatic carbocycles. The van der Waals surface area contributed by atoms with Crippen LogP contribution in [0.15, 0.2) is 4.99 Å². The van der Waals surface area contributed by atoms with Gasteiger partial charge in [0.15, 0.2) is 5.96 Å². The Balaban J connectivity index is 1.48. The lowest BCUT2D eigenvalue weighted by molar-refractivity contribution is -0.134. The number of ether oxygens (including phenoxy) is 1. The number of carbonyl (C=O) groups excluding carboxylic acids is 1. The van der Waals surface area contributed by atoms with Crippen LogP contribution in [-0.2, 0) is 9.53 Å². The van der Waals surface area contributed by atoms with Gasteiger partial charge in [0.1, 0.15) is 0 Å². The first-order valence-corrected chi connectivity index (χ1v) is 11.3. The molecule has 2 aliphatic heterocycles. The van der Waals surface area contributed by atoms with E-state index in [1.807, 2.05) is 0 Å². The topological polar surface area (TPSA) is 69.2 Å². The molecule has 2 N–H and O–H groups in total. The van der Waals surface area contributed by atoms with Crippen molar-refractivity contribution in [3.05, 3.63) is 0 Å². The second kappa shape index (κ2) is 11.0. The Morgan fingerprint density at radius 2 is 1.96 bits per heavy atom. The fourth-order valence-corrected chi connectivity index (χ4v) is 4.82. The predicted molar refractivity (Wildman–Crippen MR) is 113 cm³/mol. The summed E-state index contributed by atoms with van der Waals surface area (Å²) in [6, 6.07) is 0.811. The molecule has 7 nitrogen and oxygen atoms in total. The first-order chi connectivity index (χ1) is 13.7. The summed E-state index contributed by atoms with van der Waals surface area (Å²) in [5.74, 6) is 1.55. The predicted octanol–water partition coefficient (Wildman–Crippen LogP) is 1.44. The van der Waals surface area contributed by atoms with Gasteiger partial charge in [-0.05, 0) is 45.6 Å². The van der Waals surface area contributed by atoms with Crippen molar-refractivity contribution < 1.29 is 9.53 Å². The molecule has 160 valence electrons. The van der Waals surface area contributed by atoms with E-state index in [1.54, 1.807) is 7.11 Å². The average Bonchev–Trinajstić information content (AvgIpc) is 3.46. The Morgan fingerprint density at radius 1 is 1.14 bits per heavy atom. The number of rotatable bonds is 8. The second-order valence-corrected chi connectivity index (χ2v) is 8.44. The van der Waals surface area contributed by atoms with Crippen molar-refractivity contribution in [1.82, 2.24) is 20.4 Å². The van der Waals surface area contributed by atoms with Crippen LogP contribution in [0.5, 0.6) is 0 Å². The number of guanidine groups is 1. The Bertz CT molecular complexity index is 521. The van der Waals surface area contributed by atoms with Crippen LogP contribution in [0.3, 0.4) is 0 Å². The van der Waals surface area contributed by atoms with E-state index >= 15 is 0 Å². The summed E-state index contributed by atoms with van der Waals surface area (Å²) in [6.45, 7) is 8.37. The molecule has 7 heteroatoms. The number of hydrogen-bond donors (Lipinski definition) is 2. The Hall–Kier alpha value is -1.34. The normalized spacial score (nSPS) is 26.9. The number of nitrogens with zero attached hydrogens (tertiary/aromatic N) is 3. The number of hydrogen-bond acceptors (Lipinski definition) is 4. The fraction of sp³-hybridized carbons (Fsp3) is 0.905. The van der Waals surface area contributed by atoms with Gasteiger partial charge in [-0.3, -0.25) is 14.7 Å².